The number of pyridine rings is 1. The van der Waals surface area contributed by atoms with Crippen molar-refractivity contribution in [2.45, 2.75) is 26.8 Å². The topological polar surface area (TPSA) is 71.8 Å². The molecule has 3 heterocycles. The molecule has 2 N–H and O–H groups in total. The molecule has 156 valence electrons. The number of halogens is 1. The second kappa shape index (κ2) is 7.59. The van der Waals surface area contributed by atoms with Gasteiger partial charge in [-0.2, -0.15) is 0 Å². The lowest BCUT2D eigenvalue weighted by molar-refractivity contribution is 0.614. The first kappa shape index (κ1) is 19.4. The van der Waals surface area contributed by atoms with E-state index in [0.717, 1.165) is 30.8 Å². The fourth-order valence-corrected chi connectivity index (χ4v) is 4.12. The first-order valence-electron chi connectivity index (χ1n) is 10.3. The Balaban J connectivity index is 1.55. The normalized spacial score (nSPS) is 13.3. The van der Waals surface area contributed by atoms with Crippen LogP contribution in [-0.2, 0) is 13.0 Å². The number of anilines is 2. The highest BCUT2D eigenvalue weighted by molar-refractivity contribution is 5.81. The van der Waals surface area contributed by atoms with Crippen molar-refractivity contribution in [1.29, 1.82) is 0 Å². The SMILES string of the molecule is Cc1cccc(F)c1-n1cc(C)c2nc(Nc3ccc4c(c3)CNCC4)ncc2c1=O. The van der Waals surface area contributed by atoms with Gasteiger partial charge in [-0.3, -0.25) is 9.36 Å². The maximum Gasteiger partial charge on any atom is 0.266 e. The number of para-hydroxylation sites is 1. The summed E-state index contributed by atoms with van der Waals surface area (Å²) < 4.78 is 15.8. The molecule has 5 rings (SSSR count). The average Bonchev–Trinajstić information content (AvgIpc) is 2.77. The van der Waals surface area contributed by atoms with Crippen molar-refractivity contribution in [3.8, 4) is 5.69 Å². The Labute approximate surface area is 178 Å². The Morgan fingerprint density at radius 2 is 2.00 bits per heavy atom. The van der Waals surface area contributed by atoms with Gasteiger partial charge in [0.25, 0.3) is 5.56 Å². The van der Waals surface area contributed by atoms with E-state index < -0.39 is 5.82 Å². The Bertz CT molecular complexity index is 1360. The molecule has 0 radical (unpaired) electrons. The molecular formula is C24H22FN5O. The molecule has 7 heteroatoms. The largest absolute Gasteiger partial charge is 0.324 e. The van der Waals surface area contributed by atoms with Gasteiger partial charge in [0.05, 0.1) is 16.6 Å². The minimum atomic E-state index is -0.443. The minimum Gasteiger partial charge on any atom is -0.324 e. The molecule has 0 bridgehead atoms. The average molecular weight is 415 g/mol. The fraction of sp³-hybridized carbons (Fsp3) is 0.208. The van der Waals surface area contributed by atoms with E-state index in [4.69, 9.17) is 0 Å². The standard InChI is InChI=1S/C24H22FN5O/c1-14-4-3-5-20(25)22(14)30-13-15(2)21-19(23(30)31)12-27-24(29-21)28-18-7-6-16-8-9-26-11-17(16)10-18/h3-7,10,12-13,26H,8-9,11H2,1-2H3,(H,27,28,29). The number of nitrogens with one attached hydrogen (secondary N) is 2. The van der Waals surface area contributed by atoms with Crippen LogP contribution in [0, 0.1) is 19.7 Å². The third kappa shape index (κ3) is 3.47. The highest BCUT2D eigenvalue weighted by Crippen LogP contribution is 2.23. The molecular weight excluding hydrogens is 393 g/mol. The zero-order valence-corrected chi connectivity index (χ0v) is 17.4. The van der Waals surface area contributed by atoms with E-state index in [2.05, 4.69) is 32.7 Å². The van der Waals surface area contributed by atoms with Crippen LogP contribution >= 0.6 is 0 Å². The number of nitrogens with zero attached hydrogens (tertiary/aromatic N) is 3. The van der Waals surface area contributed by atoms with Crippen molar-refractivity contribution in [1.82, 2.24) is 19.9 Å². The lowest BCUT2D eigenvalue weighted by atomic mass is 10.0. The first-order chi connectivity index (χ1) is 15.0. The van der Waals surface area contributed by atoms with Crippen molar-refractivity contribution >= 4 is 22.5 Å². The summed E-state index contributed by atoms with van der Waals surface area (Å²) >= 11 is 0. The summed E-state index contributed by atoms with van der Waals surface area (Å²) in [7, 11) is 0. The highest BCUT2D eigenvalue weighted by Gasteiger charge is 2.15. The molecule has 1 aliphatic rings. The van der Waals surface area contributed by atoms with Crippen molar-refractivity contribution in [2.75, 3.05) is 11.9 Å². The molecule has 0 saturated carbocycles. The zero-order chi connectivity index (χ0) is 21.5. The predicted octanol–water partition coefficient (Wildman–Crippen LogP) is 3.93. The molecule has 0 unspecified atom stereocenters. The smallest absolute Gasteiger partial charge is 0.266 e. The van der Waals surface area contributed by atoms with E-state index in [1.165, 1.54) is 28.0 Å². The second-order valence-corrected chi connectivity index (χ2v) is 7.88. The van der Waals surface area contributed by atoms with Crippen molar-refractivity contribution < 1.29 is 4.39 Å². The third-order valence-electron chi connectivity index (χ3n) is 5.71. The zero-order valence-electron chi connectivity index (χ0n) is 17.4. The molecule has 0 saturated heterocycles. The van der Waals surface area contributed by atoms with Crippen LogP contribution in [0.25, 0.3) is 16.6 Å². The monoisotopic (exact) mass is 415 g/mol. The van der Waals surface area contributed by atoms with Crippen LogP contribution in [0.4, 0.5) is 16.0 Å². The van der Waals surface area contributed by atoms with Gasteiger partial charge in [-0.05, 0) is 67.3 Å². The molecule has 2 aromatic carbocycles. The Hall–Kier alpha value is -3.58. The van der Waals surface area contributed by atoms with E-state index in [-0.39, 0.29) is 11.2 Å². The third-order valence-corrected chi connectivity index (χ3v) is 5.71. The van der Waals surface area contributed by atoms with E-state index >= 15 is 0 Å². The second-order valence-electron chi connectivity index (χ2n) is 7.88. The molecule has 31 heavy (non-hydrogen) atoms. The lowest BCUT2D eigenvalue weighted by Crippen LogP contribution is -2.23. The number of aromatic nitrogens is 3. The molecule has 6 nitrogen and oxygen atoms in total. The minimum absolute atomic E-state index is 0.252. The van der Waals surface area contributed by atoms with Crippen LogP contribution in [-0.4, -0.2) is 21.1 Å². The molecule has 0 atom stereocenters. The van der Waals surface area contributed by atoms with Crippen molar-refractivity contribution in [2.24, 2.45) is 0 Å². The van der Waals surface area contributed by atoms with E-state index in [0.29, 0.717) is 22.4 Å². The maximum atomic E-state index is 14.5. The van der Waals surface area contributed by atoms with E-state index in [9.17, 15) is 9.18 Å². The van der Waals surface area contributed by atoms with Crippen molar-refractivity contribution in [3.05, 3.63) is 87.2 Å². The Morgan fingerprint density at radius 3 is 2.84 bits per heavy atom. The number of aryl methyl sites for hydroxylation is 2. The maximum absolute atomic E-state index is 14.5. The van der Waals surface area contributed by atoms with E-state index in [1.807, 2.05) is 13.0 Å². The van der Waals surface area contributed by atoms with Crippen LogP contribution in [0.2, 0.25) is 0 Å². The van der Waals surface area contributed by atoms with Gasteiger partial charge >= 0.3 is 0 Å². The Kier molecular flexibility index (Phi) is 4.75. The van der Waals surface area contributed by atoms with Gasteiger partial charge in [0, 0.05) is 24.6 Å². The van der Waals surface area contributed by atoms with E-state index in [1.54, 1.807) is 25.3 Å². The Morgan fingerprint density at radius 1 is 1.13 bits per heavy atom. The van der Waals surface area contributed by atoms with Gasteiger partial charge in [-0.15, -0.1) is 0 Å². The fourth-order valence-electron chi connectivity index (χ4n) is 4.12. The summed E-state index contributed by atoms with van der Waals surface area (Å²) in [4.78, 5) is 22.0. The summed E-state index contributed by atoms with van der Waals surface area (Å²) in [6, 6.07) is 11.0. The highest BCUT2D eigenvalue weighted by atomic mass is 19.1. The number of fused-ring (bicyclic) bond motifs is 2. The summed E-state index contributed by atoms with van der Waals surface area (Å²) in [5.41, 5.74) is 5.41. The van der Waals surface area contributed by atoms with Crippen LogP contribution < -0.4 is 16.2 Å². The van der Waals surface area contributed by atoms with Crippen LogP contribution in [0.1, 0.15) is 22.3 Å². The number of hydrogen-bond acceptors (Lipinski definition) is 5. The molecule has 0 aliphatic carbocycles. The predicted molar refractivity (Wildman–Crippen MR) is 120 cm³/mol. The summed E-state index contributed by atoms with van der Waals surface area (Å²) in [5.74, 6) is -0.0273. The van der Waals surface area contributed by atoms with Gasteiger partial charge in [0.1, 0.15) is 5.82 Å². The van der Waals surface area contributed by atoms with Gasteiger partial charge in [-0.1, -0.05) is 18.2 Å². The van der Waals surface area contributed by atoms with Gasteiger partial charge < -0.3 is 10.6 Å². The van der Waals surface area contributed by atoms with Crippen LogP contribution in [0.5, 0.6) is 0 Å². The van der Waals surface area contributed by atoms with Crippen LogP contribution in [0.15, 0.2) is 53.6 Å². The summed E-state index contributed by atoms with van der Waals surface area (Å²) in [6.45, 7) is 5.48. The quantitative estimate of drug-likeness (QED) is 0.531. The van der Waals surface area contributed by atoms with Crippen molar-refractivity contribution in [3.63, 3.8) is 0 Å². The number of benzene rings is 2. The summed E-state index contributed by atoms with van der Waals surface area (Å²) in [6.07, 6.45) is 4.17. The van der Waals surface area contributed by atoms with Gasteiger partial charge in [0.2, 0.25) is 5.95 Å². The van der Waals surface area contributed by atoms with Gasteiger partial charge in [0.15, 0.2) is 0 Å². The molecule has 2 aromatic heterocycles. The molecule has 0 fully saturated rings. The molecule has 0 amide bonds. The molecule has 0 spiro atoms. The number of rotatable bonds is 3. The lowest BCUT2D eigenvalue weighted by Gasteiger charge is -2.18. The molecule has 4 aromatic rings. The first-order valence-corrected chi connectivity index (χ1v) is 10.3. The van der Waals surface area contributed by atoms with Crippen LogP contribution in [0.3, 0.4) is 0 Å². The summed E-state index contributed by atoms with van der Waals surface area (Å²) in [5, 5.41) is 6.96. The van der Waals surface area contributed by atoms with Gasteiger partial charge in [-0.25, -0.2) is 14.4 Å². The molecule has 1 aliphatic heterocycles. The number of hydrogen-bond donors (Lipinski definition) is 2.